The Morgan fingerprint density at radius 2 is 1.93 bits per heavy atom. The van der Waals surface area contributed by atoms with E-state index in [1.807, 2.05) is 48.5 Å². The van der Waals surface area contributed by atoms with Crippen LogP contribution in [0.2, 0.25) is 5.02 Å². The fraction of sp³-hybridized carbons (Fsp3) is 0.304. The largest absolute Gasteiger partial charge is 0.373 e. The molecule has 3 aromatic rings. The zero-order valence-corrected chi connectivity index (χ0v) is 17.0. The van der Waals surface area contributed by atoms with Crippen molar-refractivity contribution in [3.63, 3.8) is 0 Å². The van der Waals surface area contributed by atoms with Gasteiger partial charge in [0.2, 0.25) is 0 Å². The standard InChI is InChI=1S/C23H22ClN3O2/c1-26-21-8-3-2-7-19(21)22(20(14-25)23(26)28)27-11-9-18(10-12-27)29-15-16-5-4-6-17(24)13-16/h2-8,13,18H,9-12,15H2,1H3. The highest BCUT2D eigenvalue weighted by Crippen LogP contribution is 2.31. The van der Waals surface area contributed by atoms with Crippen molar-refractivity contribution in [1.29, 1.82) is 5.26 Å². The van der Waals surface area contributed by atoms with Crippen molar-refractivity contribution < 1.29 is 4.74 Å². The highest BCUT2D eigenvalue weighted by molar-refractivity contribution is 6.30. The minimum absolute atomic E-state index is 0.147. The number of benzene rings is 2. The number of aryl methyl sites for hydroxylation is 1. The first-order valence-electron chi connectivity index (χ1n) is 9.71. The van der Waals surface area contributed by atoms with Gasteiger partial charge in [0.05, 0.1) is 23.9 Å². The first-order valence-corrected chi connectivity index (χ1v) is 10.1. The van der Waals surface area contributed by atoms with Crippen LogP contribution in [0.25, 0.3) is 10.9 Å². The molecule has 0 unspecified atom stereocenters. The Balaban J connectivity index is 1.53. The molecule has 1 fully saturated rings. The number of ether oxygens (including phenoxy) is 1. The number of anilines is 1. The lowest BCUT2D eigenvalue weighted by molar-refractivity contribution is 0.0251. The summed E-state index contributed by atoms with van der Waals surface area (Å²) in [7, 11) is 1.71. The van der Waals surface area contributed by atoms with Gasteiger partial charge >= 0.3 is 0 Å². The van der Waals surface area contributed by atoms with E-state index in [9.17, 15) is 10.1 Å². The minimum Gasteiger partial charge on any atom is -0.373 e. The summed E-state index contributed by atoms with van der Waals surface area (Å²) in [6, 6.07) is 17.6. The molecule has 0 spiro atoms. The van der Waals surface area contributed by atoms with Crippen molar-refractivity contribution in [3.8, 4) is 6.07 Å². The molecule has 2 heterocycles. The van der Waals surface area contributed by atoms with Gasteiger partial charge in [-0.15, -0.1) is 0 Å². The number of halogens is 1. The van der Waals surface area contributed by atoms with Crippen LogP contribution >= 0.6 is 11.6 Å². The molecule has 0 aliphatic carbocycles. The quantitative estimate of drug-likeness (QED) is 0.648. The Labute approximate surface area is 174 Å². The lowest BCUT2D eigenvalue weighted by Gasteiger charge is -2.34. The number of aromatic nitrogens is 1. The summed E-state index contributed by atoms with van der Waals surface area (Å²) in [6.45, 7) is 2.02. The molecular formula is C23H22ClN3O2. The van der Waals surface area contributed by atoms with Crippen molar-refractivity contribution in [3.05, 3.63) is 75.0 Å². The van der Waals surface area contributed by atoms with E-state index in [-0.39, 0.29) is 17.2 Å². The predicted molar refractivity (Wildman–Crippen MR) is 115 cm³/mol. The van der Waals surface area contributed by atoms with Crippen LogP contribution in [-0.4, -0.2) is 23.8 Å². The molecule has 0 N–H and O–H groups in total. The molecule has 5 nitrogen and oxygen atoms in total. The van der Waals surface area contributed by atoms with Gasteiger partial charge in [-0.25, -0.2) is 0 Å². The Kier molecular flexibility index (Phi) is 5.57. The second-order valence-corrected chi connectivity index (χ2v) is 7.78. The Morgan fingerprint density at radius 1 is 1.17 bits per heavy atom. The van der Waals surface area contributed by atoms with Crippen LogP contribution in [0, 0.1) is 11.3 Å². The highest BCUT2D eigenvalue weighted by atomic mass is 35.5. The van der Waals surface area contributed by atoms with Crippen molar-refractivity contribution >= 4 is 28.2 Å². The molecule has 0 saturated carbocycles. The molecule has 2 aromatic carbocycles. The minimum atomic E-state index is -0.250. The van der Waals surface area contributed by atoms with E-state index in [1.54, 1.807) is 11.6 Å². The molecule has 0 bridgehead atoms. The summed E-state index contributed by atoms with van der Waals surface area (Å²) in [5, 5.41) is 11.3. The zero-order chi connectivity index (χ0) is 20.4. The molecule has 4 rings (SSSR count). The van der Waals surface area contributed by atoms with Crippen LogP contribution in [0.15, 0.2) is 53.3 Å². The third-order valence-corrected chi connectivity index (χ3v) is 5.76. The lowest BCUT2D eigenvalue weighted by atomic mass is 10.0. The monoisotopic (exact) mass is 407 g/mol. The average Bonchev–Trinajstić information content (AvgIpc) is 2.75. The molecule has 0 radical (unpaired) electrons. The average molecular weight is 408 g/mol. The normalized spacial score (nSPS) is 14.9. The number of piperidine rings is 1. The van der Waals surface area contributed by atoms with E-state index in [4.69, 9.17) is 16.3 Å². The summed E-state index contributed by atoms with van der Waals surface area (Å²) in [6.07, 6.45) is 1.83. The Hall–Kier alpha value is -2.81. The van der Waals surface area contributed by atoms with Gasteiger partial charge in [-0.1, -0.05) is 41.9 Å². The molecule has 0 atom stereocenters. The van der Waals surface area contributed by atoms with Gasteiger partial charge in [-0.3, -0.25) is 4.79 Å². The fourth-order valence-corrected chi connectivity index (χ4v) is 4.21. The molecule has 6 heteroatoms. The van der Waals surface area contributed by atoms with Crippen LogP contribution in [0.5, 0.6) is 0 Å². The third kappa shape index (κ3) is 3.87. The van der Waals surface area contributed by atoms with Crippen molar-refractivity contribution in [2.45, 2.75) is 25.6 Å². The van der Waals surface area contributed by atoms with E-state index < -0.39 is 0 Å². The summed E-state index contributed by atoms with van der Waals surface area (Å²) in [4.78, 5) is 14.9. The number of hydrogen-bond donors (Lipinski definition) is 0. The zero-order valence-electron chi connectivity index (χ0n) is 16.3. The topological polar surface area (TPSA) is 58.3 Å². The summed E-state index contributed by atoms with van der Waals surface area (Å²) < 4.78 is 7.63. The Morgan fingerprint density at radius 3 is 2.66 bits per heavy atom. The fourth-order valence-electron chi connectivity index (χ4n) is 4.00. The van der Waals surface area contributed by atoms with Crippen molar-refractivity contribution in [2.24, 2.45) is 7.05 Å². The first kappa shape index (κ1) is 19.5. The number of para-hydroxylation sites is 1. The maximum atomic E-state index is 12.7. The van der Waals surface area contributed by atoms with Crippen LogP contribution < -0.4 is 10.5 Å². The predicted octanol–water partition coefficient (Wildman–Crippen LogP) is 4.25. The molecule has 29 heavy (non-hydrogen) atoms. The maximum absolute atomic E-state index is 12.7. The first-order chi connectivity index (χ1) is 14.1. The van der Waals surface area contributed by atoms with E-state index >= 15 is 0 Å². The van der Waals surface area contributed by atoms with E-state index in [0.29, 0.717) is 11.6 Å². The Bertz CT molecular complexity index is 1140. The van der Waals surface area contributed by atoms with Crippen molar-refractivity contribution in [1.82, 2.24) is 4.57 Å². The van der Waals surface area contributed by atoms with E-state index in [1.165, 1.54) is 0 Å². The van der Waals surface area contributed by atoms with Crippen LogP contribution in [0.3, 0.4) is 0 Å². The number of hydrogen-bond acceptors (Lipinski definition) is 4. The van der Waals surface area contributed by atoms with Gasteiger partial charge < -0.3 is 14.2 Å². The maximum Gasteiger partial charge on any atom is 0.270 e. The molecule has 1 aromatic heterocycles. The summed E-state index contributed by atoms with van der Waals surface area (Å²) in [5.41, 5.74) is 2.61. The molecule has 1 aliphatic rings. The van der Waals surface area contributed by atoms with Gasteiger partial charge in [-0.2, -0.15) is 5.26 Å². The summed E-state index contributed by atoms with van der Waals surface area (Å²) >= 11 is 6.04. The van der Waals surface area contributed by atoms with Gasteiger partial charge in [0.25, 0.3) is 5.56 Å². The molecule has 1 aliphatic heterocycles. The number of rotatable bonds is 4. The van der Waals surface area contributed by atoms with Gasteiger partial charge in [-0.05, 0) is 36.6 Å². The molecule has 0 amide bonds. The highest BCUT2D eigenvalue weighted by Gasteiger charge is 2.25. The second-order valence-electron chi connectivity index (χ2n) is 7.34. The lowest BCUT2D eigenvalue weighted by Crippen LogP contribution is -2.39. The molecule has 148 valence electrons. The van der Waals surface area contributed by atoms with E-state index in [2.05, 4.69) is 11.0 Å². The van der Waals surface area contributed by atoms with Crippen molar-refractivity contribution in [2.75, 3.05) is 18.0 Å². The third-order valence-electron chi connectivity index (χ3n) is 5.52. The molecular weight excluding hydrogens is 386 g/mol. The number of pyridine rings is 1. The SMILES string of the molecule is Cn1c(=O)c(C#N)c(N2CCC(OCc3cccc(Cl)c3)CC2)c2ccccc21. The van der Waals surface area contributed by atoms with Crippen LogP contribution in [0.1, 0.15) is 24.0 Å². The number of nitriles is 1. The van der Waals surface area contributed by atoms with Gasteiger partial charge in [0, 0.05) is 30.5 Å². The second kappa shape index (κ2) is 8.28. The van der Waals surface area contributed by atoms with Crippen LogP contribution in [-0.2, 0) is 18.4 Å². The van der Waals surface area contributed by atoms with Gasteiger partial charge in [0.15, 0.2) is 0 Å². The molecule has 1 saturated heterocycles. The van der Waals surface area contributed by atoms with Gasteiger partial charge in [0.1, 0.15) is 11.6 Å². The summed E-state index contributed by atoms with van der Waals surface area (Å²) in [5.74, 6) is 0. The van der Waals surface area contributed by atoms with Crippen LogP contribution in [0.4, 0.5) is 5.69 Å². The van der Waals surface area contributed by atoms with E-state index in [0.717, 1.165) is 48.1 Å². The number of fused-ring (bicyclic) bond motifs is 1. The number of nitrogens with zero attached hydrogens (tertiary/aromatic N) is 3. The smallest absolute Gasteiger partial charge is 0.270 e.